The van der Waals surface area contributed by atoms with Gasteiger partial charge in [-0.05, 0) is 17.7 Å². The molecule has 0 radical (unpaired) electrons. The number of anilines is 1. The van der Waals surface area contributed by atoms with Crippen molar-refractivity contribution in [3.63, 3.8) is 0 Å². The first-order chi connectivity index (χ1) is 13.1. The zero-order valence-electron chi connectivity index (χ0n) is 15.1. The van der Waals surface area contributed by atoms with Crippen molar-refractivity contribution in [2.75, 3.05) is 38.3 Å². The summed E-state index contributed by atoms with van der Waals surface area (Å²) >= 11 is 0. The molecule has 2 aliphatic rings. The van der Waals surface area contributed by atoms with E-state index in [0.29, 0.717) is 31.2 Å². The van der Waals surface area contributed by atoms with Crippen molar-refractivity contribution in [2.45, 2.75) is 6.54 Å². The minimum atomic E-state index is -0.175. The van der Waals surface area contributed by atoms with Gasteiger partial charge in [-0.3, -0.25) is 19.2 Å². The van der Waals surface area contributed by atoms with Crippen LogP contribution in [0.5, 0.6) is 11.5 Å². The number of rotatable bonds is 5. The zero-order chi connectivity index (χ0) is 18.8. The smallest absolute Gasteiger partial charge is 0.239 e. The first-order valence-corrected chi connectivity index (χ1v) is 8.75. The van der Waals surface area contributed by atoms with E-state index >= 15 is 0 Å². The first kappa shape index (κ1) is 17.3. The molecule has 9 nitrogen and oxygen atoms in total. The summed E-state index contributed by atoms with van der Waals surface area (Å²) in [6.07, 6.45) is 1.76. The number of carbonyl (C=O) groups excluding carboxylic acids is 2. The Labute approximate surface area is 156 Å². The van der Waals surface area contributed by atoms with Gasteiger partial charge in [-0.15, -0.1) is 0 Å². The largest absolute Gasteiger partial charge is 0.454 e. The van der Waals surface area contributed by atoms with Gasteiger partial charge in [0.15, 0.2) is 17.3 Å². The maximum atomic E-state index is 12.5. The Balaban J connectivity index is 1.28. The maximum Gasteiger partial charge on any atom is 0.239 e. The summed E-state index contributed by atoms with van der Waals surface area (Å²) in [6, 6.07) is 7.43. The monoisotopic (exact) mass is 371 g/mol. The molecule has 1 aromatic heterocycles. The summed E-state index contributed by atoms with van der Waals surface area (Å²) in [4.78, 5) is 28.2. The Morgan fingerprint density at radius 1 is 1.22 bits per heavy atom. The molecule has 1 saturated heterocycles. The molecule has 0 atom stereocenters. The van der Waals surface area contributed by atoms with Crippen LogP contribution in [-0.2, 0) is 23.2 Å². The van der Waals surface area contributed by atoms with Crippen molar-refractivity contribution in [1.29, 1.82) is 0 Å². The van der Waals surface area contributed by atoms with Crippen LogP contribution in [0.1, 0.15) is 5.56 Å². The molecule has 2 aromatic rings. The summed E-state index contributed by atoms with van der Waals surface area (Å²) in [6.45, 7) is 2.36. The Morgan fingerprint density at radius 3 is 2.85 bits per heavy atom. The number of aromatic nitrogens is 2. The van der Waals surface area contributed by atoms with Gasteiger partial charge < -0.3 is 19.7 Å². The molecule has 0 aliphatic carbocycles. The van der Waals surface area contributed by atoms with Crippen LogP contribution in [0.25, 0.3) is 0 Å². The quantitative estimate of drug-likeness (QED) is 0.820. The summed E-state index contributed by atoms with van der Waals surface area (Å²) < 4.78 is 12.3. The number of aryl methyl sites for hydroxylation is 1. The molecule has 1 aromatic carbocycles. The van der Waals surface area contributed by atoms with Crippen LogP contribution in [0, 0.1) is 0 Å². The summed E-state index contributed by atoms with van der Waals surface area (Å²) in [5, 5.41) is 6.85. The average Bonchev–Trinajstić information content (AvgIpc) is 3.25. The van der Waals surface area contributed by atoms with E-state index in [1.54, 1.807) is 28.9 Å². The molecule has 1 N–H and O–H groups in total. The number of hydrogen-bond donors (Lipinski definition) is 1. The van der Waals surface area contributed by atoms with Crippen LogP contribution in [0.3, 0.4) is 0 Å². The molecule has 142 valence electrons. The number of benzene rings is 1. The van der Waals surface area contributed by atoms with Crippen LogP contribution in [0.4, 0.5) is 5.82 Å². The fraction of sp³-hybridized carbons (Fsp3) is 0.389. The van der Waals surface area contributed by atoms with Gasteiger partial charge in [-0.1, -0.05) is 6.07 Å². The molecule has 0 bridgehead atoms. The van der Waals surface area contributed by atoms with Crippen molar-refractivity contribution in [3.8, 4) is 11.5 Å². The summed E-state index contributed by atoms with van der Waals surface area (Å²) in [5.41, 5.74) is 0.994. The summed E-state index contributed by atoms with van der Waals surface area (Å²) in [7, 11) is 1.79. The highest BCUT2D eigenvalue weighted by atomic mass is 16.7. The van der Waals surface area contributed by atoms with E-state index in [0.717, 1.165) is 11.3 Å². The van der Waals surface area contributed by atoms with Gasteiger partial charge in [0, 0.05) is 38.9 Å². The van der Waals surface area contributed by atoms with Gasteiger partial charge in [-0.2, -0.15) is 5.10 Å². The molecule has 4 rings (SSSR count). The normalized spacial score (nSPS) is 16.6. The molecule has 0 spiro atoms. The van der Waals surface area contributed by atoms with Crippen LogP contribution in [0.15, 0.2) is 30.5 Å². The lowest BCUT2D eigenvalue weighted by Gasteiger charge is -2.34. The molecule has 3 heterocycles. The molecule has 0 unspecified atom stereocenters. The number of nitrogens with zero attached hydrogens (tertiary/aromatic N) is 4. The second kappa shape index (κ2) is 7.28. The zero-order valence-corrected chi connectivity index (χ0v) is 15.1. The summed E-state index contributed by atoms with van der Waals surface area (Å²) in [5.74, 6) is 1.78. The van der Waals surface area contributed by atoms with Gasteiger partial charge in [0.2, 0.25) is 18.6 Å². The predicted octanol–water partition coefficient (Wildman–Crippen LogP) is 0.432. The molecule has 1 fully saturated rings. The van der Waals surface area contributed by atoms with Crippen molar-refractivity contribution in [2.24, 2.45) is 7.05 Å². The average molecular weight is 371 g/mol. The number of piperazine rings is 1. The van der Waals surface area contributed by atoms with E-state index < -0.39 is 0 Å². The van der Waals surface area contributed by atoms with Crippen molar-refractivity contribution in [1.82, 2.24) is 19.6 Å². The van der Waals surface area contributed by atoms with E-state index in [1.807, 2.05) is 23.1 Å². The van der Waals surface area contributed by atoms with E-state index in [2.05, 4.69) is 10.4 Å². The minimum absolute atomic E-state index is 0.00422. The maximum absolute atomic E-state index is 12.5. The number of amides is 2. The SMILES string of the molecule is Cn1ccc(NC(=O)CN2CCN(Cc3ccc4c(c3)OCO4)C(=O)C2)n1. The van der Waals surface area contributed by atoms with E-state index in [1.165, 1.54) is 0 Å². The number of ether oxygens (including phenoxy) is 2. The Morgan fingerprint density at radius 2 is 2.07 bits per heavy atom. The van der Waals surface area contributed by atoms with E-state index in [4.69, 9.17) is 9.47 Å². The van der Waals surface area contributed by atoms with Crippen molar-refractivity contribution >= 4 is 17.6 Å². The van der Waals surface area contributed by atoms with Crippen molar-refractivity contribution in [3.05, 3.63) is 36.0 Å². The Kier molecular flexibility index (Phi) is 4.68. The fourth-order valence-electron chi connectivity index (χ4n) is 3.19. The van der Waals surface area contributed by atoms with Crippen molar-refractivity contribution < 1.29 is 19.1 Å². The van der Waals surface area contributed by atoms with Crippen LogP contribution in [0.2, 0.25) is 0 Å². The Hall–Kier alpha value is -3.07. The standard InChI is InChI=1S/C18H21N5O4/c1-21-5-4-16(20-21)19-17(24)10-22-6-7-23(18(25)11-22)9-13-2-3-14-15(8-13)27-12-26-14/h2-5,8H,6-7,9-12H2,1H3,(H,19,20,24). The molecular weight excluding hydrogens is 350 g/mol. The topological polar surface area (TPSA) is 88.9 Å². The van der Waals surface area contributed by atoms with Gasteiger partial charge in [-0.25, -0.2) is 0 Å². The third-order valence-electron chi connectivity index (χ3n) is 4.56. The van der Waals surface area contributed by atoms with Crippen LogP contribution >= 0.6 is 0 Å². The van der Waals surface area contributed by atoms with E-state index in [9.17, 15) is 9.59 Å². The predicted molar refractivity (Wildman–Crippen MR) is 96.3 cm³/mol. The van der Waals surface area contributed by atoms with E-state index in [-0.39, 0.29) is 31.7 Å². The highest BCUT2D eigenvalue weighted by Crippen LogP contribution is 2.32. The van der Waals surface area contributed by atoms with Crippen LogP contribution < -0.4 is 14.8 Å². The lowest BCUT2D eigenvalue weighted by Crippen LogP contribution is -2.51. The van der Waals surface area contributed by atoms with Gasteiger partial charge in [0.05, 0.1) is 13.1 Å². The number of nitrogens with one attached hydrogen (secondary N) is 1. The molecule has 0 saturated carbocycles. The highest BCUT2D eigenvalue weighted by molar-refractivity contribution is 5.91. The third kappa shape index (κ3) is 4.03. The van der Waals surface area contributed by atoms with Gasteiger partial charge >= 0.3 is 0 Å². The number of carbonyl (C=O) groups is 2. The number of fused-ring (bicyclic) bond motifs is 1. The Bertz CT molecular complexity index is 865. The number of hydrogen-bond acceptors (Lipinski definition) is 6. The van der Waals surface area contributed by atoms with Gasteiger partial charge in [0.1, 0.15) is 0 Å². The molecule has 9 heteroatoms. The second-order valence-corrected chi connectivity index (χ2v) is 6.64. The van der Waals surface area contributed by atoms with Crippen LogP contribution in [-0.4, -0.2) is 64.4 Å². The molecule has 2 amide bonds. The molecule has 27 heavy (non-hydrogen) atoms. The lowest BCUT2D eigenvalue weighted by molar-refractivity contribution is -0.137. The van der Waals surface area contributed by atoms with Gasteiger partial charge in [0.25, 0.3) is 0 Å². The fourth-order valence-corrected chi connectivity index (χ4v) is 3.19. The molecular formula is C18H21N5O4. The first-order valence-electron chi connectivity index (χ1n) is 8.75. The molecule has 2 aliphatic heterocycles. The lowest BCUT2D eigenvalue weighted by atomic mass is 10.1. The second-order valence-electron chi connectivity index (χ2n) is 6.64. The third-order valence-corrected chi connectivity index (χ3v) is 4.56. The minimum Gasteiger partial charge on any atom is -0.454 e. The highest BCUT2D eigenvalue weighted by Gasteiger charge is 2.26.